The van der Waals surface area contributed by atoms with Crippen molar-refractivity contribution in [2.45, 2.75) is 26.2 Å². The number of hydrogen-bond acceptors (Lipinski definition) is 3. The van der Waals surface area contributed by atoms with Crippen LogP contribution in [0.25, 0.3) is 11.3 Å². The molecule has 0 spiro atoms. The highest BCUT2D eigenvalue weighted by Gasteiger charge is 2.38. The molecule has 5 heteroatoms. The fraction of sp³-hybridized carbons (Fsp3) is 0.286. The topological polar surface area (TPSA) is 83.8 Å². The van der Waals surface area contributed by atoms with Gasteiger partial charge in [-0.3, -0.25) is 9.89 Å². The van der Waals surface area contributed by atoms with Crippen molar-refractivity contribution in [2.75, 3.05) is 11.1 Å². The summed E-state index contributed by atoms with van der Waals surface area (Å²) >= 11 is 0. The zero-order valence-corrected chi connectivity index (χ0v) is 11.2. The fourth-order valence-electron chi connectivity index (χ4n) is 2.38. The van der Waals surface area contributed by atoms with Gasteiger partial charge in [0.15, 0.2) is 0 Å². The second-order valence-corrected chi connectivity index (χ2v) is 5.45. The molecule has 0 aliphatic carbocycles. The molecular weight excluding hydrogens is 240 g/mol. The Balaban J connectivity index is 2.16. The SMILES string of the molecule is Cc1[nH]nc(-c2ccc3c(c2)C(C)(C)C(=O)N3)c1N. The van der Waals surface area contributed by atoms with E-state index in [1.807, 2.05) is 39.0 Å². The molecule has 4 N–H and O–H groups in total. The highest BCUT2D eigenvalue weighted by atomic mass is 16.2. The van der Waals surface area contributed by atoms with E-state index in [-0.39, 0.29) is 5.91 Å². The van der Waals surface area contributed by atoms with Crippen LogP contribution in [0, 0.1) is 6.92 Å². The zero-order valence-electron chi connectivity index (χ0n) is 11.2. The van der Waals surface area contributed by atoms with Crippen LogP contribution < -0.4 is 11.1 Å². The predicted molar refractivity (Wildman–Crippen MR) is 74.8 cm³/mol. The summed E-state index contributed by atoms with van der Waals surface area (Å²) in [5.41, 5.74) is 10.5. The molecule has 2 aromatic rings. The van der Waals surface area contributed by atoms with E-state index >= 15 is 0 Å². The minimum absolute atomic E-state index is 0.0193. The number of aromatic amines is 1. The molecule has 3 rings (SSSR count). The van der Waals surface area contributed by atoms with Crippen molar-refractivity contribution < 1.29 is 4.79 Å². The molecule has 1 aromatic carbocycles. The maximum Gasteiger partial charge on any atom is 0.234 e. The number of hydrogen-bond donors (Lipinski definition) is 3. The molecule has 0 fully saturated rings. The molecule has 5 nitrogen and oxygen atoms in total. The number of nitrogens with one attached hydrogen (secondary N) is 2. The van der Waals surface area contributed by atoms with Crippen molar-refractivity contribution in [2.24, 2.45) is 0 Å². The molecule has 0 bridgehead atoms. The van der Waals surface area contributed by atoms with Crippen LogP contribution in [0.15, 0.2) is 18.2 Å². The Hall–Kier alpha value is -2.30. The van der Waals surface area contributed by atoms with Crippen molar-refractivity contribution in [3.05, 3.63) is 29.5 Å². The van der Waals surface area contributed by atoms with Crippen molar-refractivity contribution in [1.29, 1.82) is 0 Å². The molecule has 1 aromatic heterocycles. The number of amides is 1. The number of aryl methyl sites for hydroxylation is 1. The van der Waals surface area contributed by atoms with Crippen LogP contribution in [-0.4, -0.2) is 16.1 Å². The number of benzene rings is 1. The summed E-state index contributed by atoms with van der Waals surface area (Å²) in [6.07, 6.45) is 0. The smallest absolute Gasteiger partial charge is 0.234 e. The van der Waals surface area contributed by atoms with E-state index in [0.717, 1.165) is 28.2 Å². The van der Waals surface area contributed by atoms with E-state index in [9.17, 15) is 4.79 Å². The second kappa shape index (κ2) is 3.60. The lowest BCUT2D eigenvalue weighted by atomic mass is 9.85. The van der Waals surface area contributed by atoms with Crippen LogP contribution in [0.3, 0.4) is 0 Å². The van der Waals surface area contributed by atoms with Crippen LogP contribution >= 0.6 is 0 Å². The Morgan fingerprint density at radius 1 is 1.32 bits per heavy atom. The number of nitrogens with zero attached hydrogens (tertiary/aromatic N) is 1. The normalized spacial score (nSPS) is 16.3. The molecule has 2 heterocycles. The molecule has 0 unspecified atom stereocenters. The number of nitrogen functional groups attached to an aromatic ring is 1. The number of H-pyrrole nitrogens is 1. The highest BCUT2D eigenvalue weighted by Crippen LogP contribution is 2.40. The average molecular weight is 256 g/mol. The molecule has 19 heavy (non-hydrogen) atoms. The number of anilines is 2. The lowest BCUT2D eigenvalue weighted by Gasteiger charge is -2.15. The highest BCUT2D eigenvalue weighted by molar-refractivity contribution is 6.06. The second-order valence-electron chi connectivity index (χ2n) is 5.45. The fourth-order valence-corrected chi connectivity index (χ4v) is 2.38. The molecular formula is C14H16N4O. The van der Waals surface area contributed by atoms with E-state index in [0.29, 0.717) is 5.69 Å². The molecule has 0 radical (unpaired) electrons. The van der Waals surface area contributed by atoms with Gasteiger partial charge in [0, 0.05) is 11.3 Å². The number of fused-ring (bicyclic) bond motifs is 1. The number of rotatable bonds is 1. The van der Waals surface area contributed by atoms with Gasteiger partial charge >= 0.3 is 0 Å². The third-order valence-corrected chi connectivity index (χ3v) is 3.78. The Morgan fingerprint density at radius 2 is 2.05 bits per heavy atom. The van der Waals surface area contributed by atoms with Crippen molar-refractivity contribution in [1.82, 2.24) is 10.2 Å². The first kappa shape index (κ1) is 11.8. The van der Waals surface area contributed by atoms with Crippen molar-refractivity contribution in [3.63, 3.8) is 0 Å². The van der Waals surface area contributed by atoms with Gasteiger partial charge in [0.05, 0.1) is 16.8 Å². The Labute approximate surface area is 111 Å². The molecule has 98 valence electrons. The Bertz CT molecular complexity index is 685. The molecule has 1 aliphatic rings. The third-order valence-electron chi connectivity index (χ3n) is 3.78. The zero-order chi connectivity index (χ0) is 13.8. The third kappa shape index (κ3) is 1.54. The van der Waals surface area contributed by atoms with Crippen LogP contribution in [-0.2, 0) is 10.2 Å². The van der Waals surface area contributed by atoms with E-state index in [4.69, 9.17) is 5.73 Å². The van der Waals surface area contributed by atoms with Crippen LogP contribution in [0.5, 0.6) is 0 Å². The minimum Gasteiger partial charge on any atom is -0.395 e. The summed E-state index contributed by atoms with van der Waals surface area (Å²) in [4.78, 5) is 11.9. The lowest BCUT2D eigenvalue weighted by Crippen LogP contribution is -2.26. The molecule has 0 saturated carbocycles. The molecule has 0 atom stereocenters. The lowest BCUT2D eigenvalue weighted by molar-refractivity contribution is -0.119. The van der Waals surface area contributed by atoms with Gasteiger partial charge in [0.2, 0.25) is 5.91 Å². The van der Waals surface area contributed by atoms with Crippen molar-refractivity contribution in [3.8, 4) is 11.3 Å². The number of nitrogens with two attached hydrogens (primary N) is 1. The predicted octanol–water partition coefficient (Wildman–Crippen LogP) is 2.20. The number of carbonyl (C=O) groups is 1. The van der Waals surface area contributed by atoms with Gasteiger partial charge in [-0.15, -0.1) is 0 Å². The summed E-state index contributed by atoms with van der Waals surface area (Å²) in [6, 6.07) is 5.81. The Kier molecular flexibility index (Phi) is 2.23. The average Bonchev–Trinajstić information content (AvgIpc) is 2.80. The van der Waals surface area contributed by atoms with Crippen LogP contribution in [0.1, 0.15) is 25.1 Å². The first-order valence-electron chi connectivity index (χ1n) is 6.18. The standard InChI is InChI=1S/C14H16N4O/c1-7-11(15)12(18-17-7)8-4-5-10-9(6-8)14(2,3)13(19)16-10/h4-6H,15H2,1-3H3,(H,16,19)(H,17,18). The summed E-state index contributed by atoms with van der Waals surface area (Å²) in [6.45, 7) is 5.71. The maximum atomic E-state index is 11.9. The van der Waals surface area contributed by atoms with E-state index < -0.39 is 5.41 Å². The van der Waals surface area contributed by atoms with Gasteiger partial charge in [-0.1, -0.05) is 6.07 Å². The summed E-state index contributed by atoms with van der Waals surface area (Å²) in [5, 5.41) is 9.99. The molecule has 1 aliphatic heterocycles. The quantitative estimate of drug-likeness (QED) is 0.731. The largest absolute Gasteiger partial charge is 0.395 e. The summed E-state index contributed by atoms with van der Waals surface area (Å²) in [5.74, 6) is 0.0193. The van der Waals surface area contributed by atoms with Crippen LogP contribution in [0.2, 0.25) is 0 Å². The van der Waals surface area contributed by atoms with Gasteiger partial charge in [0.25, 0.3) is 0 Å². The van der Waals surface area contributed by atoms with Gasteiger partial charge in [-0.25, -0.2) is 0 Å². The maximum absolute atomic E-state index is 11.9. The molecule has 1 amide bonds. The first-order chi connectivity index (χ1) is 8.91. The van der Waals surface area contributed by atoms with Gasteiger partial charge in [-0.05, 0) is 38.5 Å². The van der Waals surface area contributed by atoms with Gasteiger partial charge < -0.3 is 11.1 Å². The van der Waals surface area contributed by atoms with Crippen molar-refractivity contribution >= 4 is 17.3 Å². The van der Waals surface area contributed by atoms with E-state index in [2.05, 4.69) is 15.5 Å². The summed E-state index contributed by atoms with van der Waals surface area (Å²) < 4.78 is 0. The summed E-state index contributed by atoms with van der Waals surface area (Å²) in [7, 11) is 0. The van der Waals surface area contributed by atoms with E-state index in [1.165, 1.54) is 0 Å². The number of aromatic nitrogens is 2. The Morgan fingerprint density at radius 3 is 2.68 bits per heavy atom. The monoisotopic (exact) mass is 256 g/mol. The first-order valence-corrected chi connectivity index (χ1v) is 6.18. The van der Waals surface area contributed by atoms with Crippen LogP contribution in [0.4, 0.5) is 11.4 Å². The number of carbonyl (C=O) groups excluding carboxylic acids is 1. The minimum atomic E-state index is -0.522. The molecule has 0 saturated heterocycles. The van der Waals surface area contributed by atoms with Gasteiger partial charge in [0.1, 0.15) is 5.69 Å². The van der Waals surface area contributed by atoms with Gasteiger partial charge in [-0.2, -0.15) is 5.10 Å². The van der Waals surface area contributed by atoms with E-state index in [1.54, 1.807) is 0 Å².